The summed E-state index contributed by atoms with van der Waals surface area (Å²) in [5.74, 6) is -0.433. The summed E-state index contributed by atoms with van der Waals surface area (Å²) in [4.78, 5) is 3.68. The fourth-order valence-electron chi connectivity index (χ4n) is 2.74. The first-order valence-electron chi connectivity index (χ1n) is 7.67. The molecular weight excluding hydrogens is 415 g/mol. The van der Waals surface area contributed by atoms with Gasteiger partial charge in [0.25, 0.3) is 0 Å². The summed E-state index contributed by atoms with van der Waals surface area (Å²) in [7, 11) is -3.56. The Morgan fingerprint density at radius 2 is 1.83 bits per heavy atom. The van der Waals surface area contributed by atoms with Gasteiger partial charge in [-0.1, -0.05) is 0 Å². The molecule has 2 aromatic rings. The van der Waals surface area contributed by atoms with Crippen molar-refractivity contribution in [2.24, 2.45) is 0 Å². The molecule has 1 saturated heterocycles. The van der Waals surface area contributed by atoms with E-state index >= 15 is 0 Å². The van der Waals surface area contributed by atoms with Crippen LogP contribution in [0.2, 0.25) is 0 Å². The number of rotatable bonds is 4. The number of nitrogens with zero attached hydrogens (tertiary/aromatic N) is 2. The lowest BCUT2D eigenvalue weighted by Gasteiger charge is -2.21. The van der Waals surface area contributed by atoms with Gasteiger partial charge in [-0.2, -0.15) is 4.31 Å². The minimum Gasteiger partial charge on any atom is -0.297 e. The van der Waals surface area contributed by atoms with Crippen molar-refractivity contribution in [1.29, 1.82) is 0 Å². The largest absolute Gasteiger partial charge is 0.297 e. The van der Waals surface area contributed by atoms with Crippen LogP contribution in [-0.4, -0.2) is 43.8 Å². The average Bonchev–Trinajstić information content (AvgIpc) is 2.81. The predicted octanol–water partition coefficient (Wildman–Crippen LogP) is 3.55. The predicted molar refractivity (Wildman–Crippen MR) is 97.1 cm³/mol. The number of hydrogen-bond donors (Lipinski definition) is 0. The number of hydrogen-bond acceptors (Lipinski definition) is 4. The Hall–Kier alpha value is -0.800. The average molecular weight is 433 g/mol. The van der Waals surface area contributed by atoms with Crippen LogP contribution in [-0.2, 0) is 16.6 Å². The Balaban J connectivity index is 1.68. The maximum atomic E-state index is 13.0. The lowest BCUT2D eigenvalue weighted by molar-refractivity contribution is 0.280. The quantitative estimate of drug-likeness (QED) is 0.741. The first-order chi connectivity index (χ1) is 11.5. The van der Waals surface area contributed by atoms with Crippen LogP contribution in [0.15, 0.2) is 45.1 Å². The summed E-state index contributed by atoms with van der Waals surface area (Å²) in [6, 6.07) is 7.06. The molecule has 1 aliphatic heterocycles. The minimum absolute atomic E-state index is 0.151. The first-order valence-corrected chi connectivity index (χ1v) is 10.8. The van der Waals surface area contributed by atoms with Crippen LogP contribution < -0.4 is 0 Å². The zero-order valence-electron chi connectivity index (χ0n) is 13.0. The fraction of sp³-hybridized carbons (Fsp3) is 0.375. The number of thiophene rings is 1. The molecular formula is C16H18BrFN2O2S2. The molecule has 2 heterocycles. The second-order valence-corrected chi connectivity index (χ2v) is 9.47. The maximum absolute atomic E-state index is 13.0. The lowest BCUT2D eigenvalue weighted by atomic mass is 10.3. The standard InChI is InChI=1S/C16H18BrFN2O2S2/c17-15-6-11-23-16(15)12-19-7-1-8-20(10-9-19)24(21,22)14-4-2-13(18)3-5-14/h2-6,11H,1,7-10,12H2. The van der Waals surface area contributed by atoms with Crippen molar-refractivity contribution in [2.75, 3.05) is 26.2 Å². The van der Waals surface area contributed by atoms with Crippen LogP contribution in [0.3, 0.4) is 0 Å². The molecule has 0 radical (unpaired) electrons. The number of halogens is 2. The molecule has 1 aromatic carbocycles. The molecule has 130 valence electrons. The molecule has 0 atom stereocenters. The van der Waals surface area contributed by atoms with E-state index in [1.807, 2.05) is 11.4 Å². The van der Waals surface area contributed by atoms with Crippen molar-refractivity contribution < 1.29 is 12.8 Å². The highest BCUT2D eigenvalue weighted by Crippen LogP contribution is 2.25. The normalized spacial score (nSPS) is 17.8. The lowest BCUT2D eigenvalue weighted by Crippen LogP contribution is -2.35. The van der Waals surface area contributed by atoms with Gasteiger partial charge in [0.05, 0.1) is 4.90 Å². The highest BCUT2D eigenvalue weighted by Gasteiger charge is 2.27. The van der Waals surface area contributed by atoms with E-state index in [-0.39, 0.29) is 4.90 Å². The van der Waals surface area contributed by atoms with E-state index in [2.05, 4.69) is 20.8 Å². The number of sulfonamides is 1. The van der Waals surface area contributed by atoms with Gasteiger partial charge < -0.3 is 0 Å². The Bertz CT molecular complexity index is 793. The highest BCUT2D eigenvalue weighted by molar-refractivity contribution is 9.10. The van der Waals surface area contributed by atoms with Crippen LogP contribution >= 0.6 is 27.3 Å². The molecule has 4 nitrogen and oxygen atoms in total. The summed E-state index contributed by atoms with van der Waals surface area (Å²) in [6.07, 6.45) is 0.781. The van der Waals surface area contributed by atoms with Crippen molar-refractivity contribution in [3.63, 3.8) is 0 Å². The van der Waals surface area contributed by atoms with Gasteiger partial charge in [-0.05, 0) is 64.6 Å². The third-order valence-corrected chi connectivity index (χ3v) is 7.88. The molecule has 1 fully saturated rings. The van der Waals surface area contributed by atoms with E-state index in [0.717, 1.165) is 24.0 Å². The first kappa shape index (κ1) is 18.0. The zero-order chi connectivity index (χ0) is 17.2. The molecule has 3 rings (SSSR count). The van der Waals surface area contributed by atoms with Gasteiger partial charge in [0.15, 0.2) is 0 Å². The minimum atomic E-state index is -3.56. The van der Waals surface area contributed by atoms with Gasteiger partial charge in [-0.15, -0.1) is 11.3 Å². The maximum Gasteiger partial charge on any atom is 0.243 e. The van der Waals surface area contributed by atoms with E-state index in [1.54, 1.807) is 11.3 Å². The fourth-order valence-corrected chi connectivity index (χ4v) is 5.73. The van der Waals surface area contributed by atoms with Gasteiger partial charge in [0.1, 0.15) is 5.82 Å². The molecule has 8 heteroatoms. The third-order valence-electron chi connectivity index (χ3n) is 4.06. The Kier molecular flexibility index (Phi) is 5.71. The van der Waals surface area contributed by atoms with Crippen LogP contribution in [0.4, 0.5) is 4.39 Å². The Labute approximate surface area is 154 Å². The van der Waals surface area contributed by atoms with Crippen LogP contribution in [0.25, 0.3) is 0 Å². The molecule has 0 unspecified atom stereocenters. The summed E-state index contributed by atoms with van der Waals surface area (Å²) in [6.45, 7) is 3.30. The van der Waals surface area contributed by atoms with Crippen LogP contribution in [0, 0.1) is 5.82 Å². The Morgan fingerprint density at radius 1 is 1.08 bits per heavy atom. The molecule has 0 aliphatic carbocycles. The topological polar surface area (TPSA) is 40.6 Å². The van der Waals surface area contributed by atoms with Gasteiger partial charge in [-0.25, -0.2) is 12.8 Å². The van der Waals surface area contributed by atoms with Crippen molar-refractivity contribution >= 4 is 37.3 Å². The molecule has 0 N–H and O–H groups in total. The summed E-state index contributed by atoms with van der Waals surface area (Å²) < 4.78 is 41.1. The number of benzene rings is 1. The second kappa shape index (κ2) is 7.61. The van der Waals surface area contributed by atoms with Crippen molar-refractivity contribution in [3.8, 4) is 0 Å². The smallest absolute Gasteiger partial charge is 0.243 e. The van der Waals surface area contributed by atoms with E-state index in [0.29, 0.717) is 19.6 Å². The van der Waals surface area contributed by atoms with Gasteiger partial charge in [0.2, 0.25) is 10.0 Å². The molecule has 24 heavy (non-hydrogen) atoms. The van der Waals surface area contributed by atoms with E-state index in [1.165, 1.54) is 33.4 Å². The zero-order valence-corrected chi connectivity index (χ0v) is 16.2. The SMILES string of the molecule is O=S(=O)(c1ccc(F)cc1)N1CCCN(Cc2sccc2Br)CC1. The third kappa shape index (κ3) is 4.05. The van der Waals surface area contributed by atoms with E-state index in [4.69, 9.17) is 0 Å². The Morgan fingerprint density at radius 3 is 2.50 bits per heavy atom. The summed E-state index contributed by atoms with van der Waals surface area (Å²) >= 11 is 5.24. The van der Waals surface area contributed by atoms with Crippen molar-refractivity contribution in [3.05, 3.63) is 50.9 Å². The molecule has 0 spiro atoms. The van der Waals surface area contributed by atoms with Crippen molar-refractivity contribution in [2.45, 2.75) is 17.9 Å². The van der Waals surface area contributed by atoms with Crippen LogP contribution in [0.5, 0.6) is 0 Å². The highest BCUT2D eigenvalue weighted by atomic mass is 79.9. The van der Waals surface area contributed by atoms with Crippen LogP contribution in [0.1, 0.15) is 11.3 Å². The molecule has 1 aromatic heterocycles. The van der Waals surface area contributed by atoms with Crippen molar-refractivity contribution in [1.82, 2.24) is 9.21 Å². The monoisotopic (exact) mass is 432 g/mol. The van der Waals surface area contributed by atoms with E-state index < -0.39 is 15.8 Å². The van der Waals surface area contributed by atoms with E-state index in [9.17, 15) is 12.8 Å². The second-order valence-electron chi connectivity index (χ2n) is 5.68. The molecule has 0 amide bonds. The van der Waals surface area contributed by atoms with Gasteiger partial charge >= 0.3 is 0 Å². The van der Waals surface area contributed by atoms with Gasteiger partial charge in [0, 0.05) is 35.5 Å². The summed E-state index contributed by atoms with van der Waals surface area (Å²) in [5.41, 5.74) is 0. The molecule has 1 aliphatic rings. The molecule has 0 bridgehead atoms. The molecule has 0 saturated carbocycles. The summed E-state index contributed by atoms with van der Waals surface area (Å²) in [5, 5.41) is 2.04. The van der Waals surface area contributed by atoms with Gasteiger partial charge in [-0.3, -0.25) is 4.90 Å².